The number of aromatic nitrogens is 2. The Labute approximate surface area is 146 Å². The van der Waals surface area contributed by atoms with Crippen LogP contribution in [0.2, 0.25) is 0 Å². The molecule has 2 aromatic rings. The Balaban J connectivity index is 1.55. The van der Waals surface area contributed by atoms with Crippen LogP contribution in [0.5, 0.6) is 0 Å². The van der Waals surface area contributed by atoms with Gasteiger partial charge in [0.2, 0.25) is 0 Å². The van der Waals surface area contributed by atoms with Crippen LogP contribution < -0.4 is 10.6 Å². The van der Waals surface area contributed by atoms with E-state index in [0.717, 1.165) is 5.56 Å². The van der Waals surface area contributed by atoms with Crippen LogP contribution in [-0.4, -0.2) is 41.8 Å². The number of aryl methyl sites for hydroxylation is 1. The minimum atomic E-state index is -3.03. The molecule has 8 heteroatoms. The zero-order chi connectivity index (χ0) is 17.9. The van der Waals surface area contributed by atoms with E-state index in [2.05, 4.69) is 26.7 Å². The third-order valence-corrected chi connectivity index (χ3v) is 5.78. The van der Waals surface area contributed by atoms with Gasteiger partial charge < -0.3 is 10.6 Å². The quantitative estimate of drug-likeness (QED) is 0.834. The molecule has 1 aromatic heterocycles. The molecule has 1 amide bonds. The van der Waals surface area contributed by atoms with Gasteiger partial charge in [-0.05, 0) is 18.9 Å². The molecule has 25 heavy (non-hydrogen) atoms. The molecule has 1 atom stereocenters. The molecule has 0 spiro atoms. The van der Waals surface area contributed by atoms with Gasteiger partial charge in [-0.25, -0.2) is 18.4 Å². The first-order chi connectivity index (χ1) is 11.9. The molecule has 0 radical (unpaired) electrons. The summed E-state index contributed by atoms with van der Waals surface area (Å²) < 4.78 is 22.9. The molecule has 2 heterocycles. The molecule has 2 N–H and O–H groups in total. The van der Waals surface area contributed by atoms with Crippen LogP contribution in [0.1, 0.15) is 28.0 Å². The van der Waals surface area contributed by atoms with E-state index in [-0.39, 0.29) is 23.2 Å². The molecule has 0 saturated carbocycles. The summed E-state index contributed by atoms with van der Waals surface area (Å²) in [6, 6.07) is 7.78. The Hall–Kier alpha value is -2.48. The maximum atomic E-state index is 12.1. The van der Waals surface area contributed by atoms with Crippen molar-refractivity contribution in [3.63, 3.8) is 0 Å². The maximum absolute atomic E-state index is 12.1. The lowest BCUT2D eigenvalue weighted by molar-refractivity contribution is 0.0935. The summed E-state index contributed by atoms with van der Waals surface area (Å²) >= 11 is 0. The summed E-state index contributed by atoms with van der Waals surface area (Å²) in [7, 11) is -3.03. The first-order valence-corrected chi connectivity index (χ1v) is 9.86. The molecule has 3 rings (SSSR count). The SMILES string of the molecule is Cc1cccc(CNc2cnc(C(=O)NC3CCS(=O)(=O)C3)cn2)c1. The lowest BCUT2D eigenvalue weighted by atomic mass is 10.1. The minimum absolute atomic E-state index is 0.0116. The summed E-state index contributed by atoms with van der Waals surface area (Å²) in [6.07, 6.45) is 3.32. The summed E-state index contributed by atoms with van der Waals surface area (Å²) in [6.45, 7) is 2.65. The fourth-order valence-electron chi connectivity index (χ4n) is 2.72. The van der Waals surface area contributed by atoms with Crippen LogP contribution in [0.25, 0.3) is 0 Å². The Morgan fingerprint density at radius 3 is 2.76 bits per heavy atom. The first-order valence-electron chi connectivity index (χ1n) is 8.04. The highest BCUT2D eigenvalue weighted by atomic mass is 32.2. The van der Waals surface area contributed by atoms with Crippen molar-refractivity contribution in [2.75, 3.05) is 16.8 Å². The van der Waals surface area contributed by atoms with E-state index in [0.29, 0.717) is 18.8 Å². The second-order valence-corrected chi connectivity index (χ2v) is 8.43. The van der Waals surface area contributed by atoms with Crippen molar-refractivity contribution >= 4 is 21.6 Å². The van der Waals surface area contributed by atoms with Gasteiger partial charge in [-0.1, -0.05) is 29.8 Å². The molecule has 1 aliphatic rings. The Kier molecular flexibility index (Phi) is 4.98. The van der Waals surface area contributed by atoms with Crippen molar-refractivity contribution < 1.29 is 13.2 Å². The van der Waals surface area contributed by atoms with Crippen LogP contribution in [-0.2, 0) is 16.4 Å². The number of sulfone groups is 1. The fourth-order valence-corrected chi connectivity index (χ4v) is 4.39. The van der Waals surface area contributed by atoms with Gasteiger partial charge >= 0.3 is 0 Å². The molecule has 1 unspecified atom stereocenters. The van der Waals surface area contributed by atoms with Gasteiger partial charge in [-0.15, -0.1) is 0 Å². The van der Waals surface area contributed by atoms with E-state index in [4.69, 9.17) is 0 Å². The number of rotatable bonds is 5. The van der Waals surface area contributed by atoms with Crippen molar-refractivity contribution in [3.8, 4) is 0 Å². The van der Waals surface area contributed by atoms with Gasteiger partial charge in [0.25, 0.3) is 5.91 Å². The lowest BCUT2D eigenvalue weighted by Crippen LogP contribution is -2.36. The van der Waals surface area contributed by atoms with E-state index in [9.17, 15) is 13.2 Å². The molecule has 1 aromatic carbocycles. The van der Waals surface area contributed by atoms with Gasteiger partial charge in [0.15, 0.2) is 9.84 Å². The second-order valence-electron chi connectivity index (χ2n) is 6.20. The Morgan fingerprint density at radius 1 is 1.28 bits per heavy atom. The van der Waals surface area contributed by atoms with E-state index in [1.807, 2.05) is 25.1 Å². The van der Waals surface area contributed by atoms with Crippen molar-refractivity contribution in [2.24, 2.45) is 0 Å². The number of anilines is 1. The molecule has 7 nitrogen and oxygen atoms in total. The van der Waals surface area contributed by atoms with Crippen molar-refractivity contribution in [1.29, 1.82) is 0 Å². The van der Waals surface area contributed by atoms with E-state index in [1.165, 1.54) is 18.0 Å². The number of hydrogen-bond donors (Lipinski definition) is 2. The first kappa shape index (κ1) is 17.3. The number of carbonyl (C=O) groups is 1. The number of nitrogens with one attached hydrogen (secondary N) is 2. The summed E-state index contributed by atoms with van der Waals surface area (Å²) in [5.74, 6) is 0.273. The molecule has 0 bridgehead atoms. The predicted octanol–water partition coefficient (Wildman–Crippen LogP) is 1.31. The zero-order valence-corrected chi connectivity index (χ0v) is 14.7. The number of carbonyl (C=O) groups excluding carboxylic acids is 1. The molecule has 1 fully saturated rings. The van der Waals surface area contributed by atoms with Crippen LogP contribution in [0, 0.1) is 6.92 Å². The van der Waals surface area contributed by atoms with Gasteiger partial charge in [0.1, 0.15) is 11.5 Å². The normalized spacial score (nSPS) is 18.7. The summed E-state index contributed by atoms with van der Waals surface area (Å²) in [5.41, 5.74) is 2.49. The van der Waals surface area contributed by atoms with Crippen LogP contribution in [0.4, 0.5) is 5.82 Å². The van der Waals surface area contributed by atoms with Gasteiger partial charge in [0, 0.05) is 12.6 Å². The smallest absolute Gasteiger partial charge is 0.271 e. The topological polar surface area (TPSA) is 101 Å². The van der Waals surface area contributed by atoms with Gasteiger partial charge in [-0.3, -0.25) is 4.79 Å². The Bertz CT molecular complexity index is 866. The second kappa shape index (κ2) is 7.18. The van der Waals surface area contributed by atoms with E-state index < -0.39 is 15.7 Å². The highest BCUT2D eigenvalue weighted by molar-refractivity contribution is 7.91. The van der Waals surface area contributed by atoms with Gasteiger partial charge in [0.05, 0.1) is 23.9 Å². The maximum Gasteiger partial charge on any atom is 0.271 e. The third-order valence-electron chi connectivity index (χ3n) is 4.01. The van der Waals surface area contributed by atoms with Crippen molar-refractivity contribution in [1.82, 2.24) is 15.3 Å². The monoisotopic (exact) mass is 360 g/mol. The molecule has 1 aliphatic heterocycles. The molecule has 0 aliphatic carbocycles. The fraction of sp³-hybridized carbons (Fsp3) is 0.353. The van der Waals surface area contributed by atoms with Crippen LogP contribution >= 0.6 is 0 Å². The van der Waals surface area contributed by atoms with E-state index in [1.54, 1.807) is 0 Å². The number of benzene rings is 1. The summed E-state index contributed by atoms with van der Waals surface area (Å²) in [4.78, 5) is 20.4. The number of nitrogens with zero attached hydrogens (tertiary/aromatic N) is 2. The number of hydrogen-bond acceptors (Lipinski definition) is 6. The van der Waals surface area contributed by atoms with Crippen molar-refractivity contribution in [3.05, 3.63) is 53.5 Å². The average Bonchev–Trinajstić information content (AvgIpc) is 2.92. The minimum Gasteiger partial charge on any atom is -0.365 e. The standard InChI is InChI=1S/C17H20N4O3S/c1-12-3-2-4-13(7-12)8-19-16-10-18-15(9-20-16)17(22)21-14-5-6-25(23,24)11-14/h2-4,7,9-10,14H,5-6,8,11H2,1H3,(H,19,20)(H,21,22). The molecular weight excluding hydrogens is 340 g/mol. The lowest BCUT2D eigenvalue weighted by Gasteiger charge is -2.10. The average molecular weight is 360 g/mol. The van der Waals surface area contributed by atoms with Gasteiger partial charge in [-0.2, -0.15) is 0 Å². The van der Waals surface area contributed by atoms with Crippen LogP contribution in [0.3, 0.4) is 0 Å². The molecule has 132 valence electrons. The van der Waals surface area contributed by atoms with E-state index >= 15 is 0 Å². The number of amides is 1. The highest BCUT2D eigenvalue weighted by Gasteiger charge is 2.29. The molecule has 1 saturated heterocycles. The zero-order valence-electron chi connectivity index (χ0n) is 13.9. The third kappa shape index (κ3) is 4.76. The van der Waals surface area contributed by atoms with Crippen LogP contribution in [0.15, 0.2) is 36.7 Å². The van der Waals surface area contributed by atoms with Crippen molar-refractivity contribution in [2.45, 2.75) is 25.9 Å². The Morgan fingerprint density at radius 2 is 2.12 bits per heavy atom. The predicted molar refractivity (Wildman–Crippen MR) is 95.1 cm³/mol. The highest BCUT2D eigenvalue weighted by Crippen LogP contribution is 2.12. The summed E-state index contributed by atoms with van der Waals surface area (Å²) in [5, 5.41) is 5.85. The largest absolute Gasteiger partial charge is 0.365 e. The molecular formula is C17H20N4O3S.